The van der Waals surface area contributed by atoms with Crippen molar-refractivity contribution in [3.8, 4) is 22.8 Å². The van der Waals surface area contributed by atoms with E-state index in [0.29, 0.717) is 30.3 Å². The molecular formula is C23H23N5O3. The molecule has 1 fully saturated rings. The second-order valence-electron chi connectivity index (χ2n) is 7.69. The number of carbonyl (C=O) groups excluding carboxylic acids is 1. The molecule has 0 aliphatic heterocycles. The van der Waals surface area contributed by atoms with Crippen molar-refractivity contribution in [2.75, 3.05) is 6.54 Å². The molecule has 0 bridgehead atoms. The van der Waals surface area contributed by atoms with Gasteiger partial charge in [0, 0.05) is 42.8 Å². The summed E-state index contributed by atoms with van der Waals surface area (Å²) in [6.07, 6.45) is 11.3. The fourth-order valence-electron chi connectivity index (χ4n) is 4.10. The van der Waals surface area contributed by atoms with Crippen molar-refractivity contribution in [3.63, 3.8) is 0 Å². The SMILES string of the molecule is O=C(c1cc(-c2ccco2)on1)N(CCn1ccc(-c2ccncc2)n1)C1CCCC1. The smallest absolute Gasteiger partial charge is 0.276 e. The molecule has 5 rings (SSSR count). The Hall–Kier alpha value is -3.68. The number of nitrogens with zero attached hydrogens (tertiary/aromatic N) is 5. The summed E-state index contributed by atoms with van der Waals surface area (Å²) in [5.41, 5.74) is 2.21. The lowest BCUT2D eigenvalue weighted by Gasteiger charge is -2.28. The van der Waals surface area contributed by atoms with Gasteiger partial charge in [-0.2, -0.15) is 5.10 Å². The minimum absolute atomic E-state index is 0.116. The molecule has 4 aromatic heterocycles. The molecule has 1 amide bonds. The third-order valence-corrected chi connectivity index (χ3v) is 5.71. The fourth-order valence-corrected chi connectivity index (χ4v) is 4.10. The molecule has 158 valence electrons. The summed E-state index contributed by atoms with van der Waals surface area (Å²) in [5.74, 6) is 0.892. The lowest BCUT2D eigenvalue weighted by atomic mass is 10.2. The highest BCUT2D eigenvalue weighted by atomic mass is 16.5. The van der Waals surface area contributed by atoms with Crippen molar-refractivity contribution in [3.05, 3.63) is 66.9 Å². The van der Waals surface area contributed by atoms with E-state index in [0.717, 1.165) is 36.9 Å². The molecule has 4 aromatic rings. The third kappa shape index (κ3) is 4.14. The molecule has 8 nitrogen and oxygen atoms in total. The van der Waals surface area contributed by atoms with Crippen LogP contribution in [0.1, 0.15) is 36.2 Å². The lowest BCUT2D eigenvalue weighted by Crippen LogP contribution is -2.41. The number of carbonyl (C=O) groups is 1. The highest BCUT2D eigenvalue weighted by Gasteiger charge is 2.29. The third-order valence-electron chi connectivity index (χ3n) is 5.71. The molecule has 0 atom stereocenters. The first-order chi connectivity index (χ1) is 15.3. The van der Waals surface area contributed by atoms with Gasteiger partial charge in [-0.1, -0.05) is 18.0 Å². The average molecular weight is 417 g/mol. The number of pyridine rings is 1. The van der Waals surface area contributed by atoms with E-state index >= 15 is 0 Å². The summed E-state index contributed by atoms with van der Waals surface area (Å²) in [7, 11) is 0. The molecule has 0 saturated heterocycles. The van der Waals surface area contributed by atoms with Gasteiger partial charge in [0.2, 0.25) is 5.76 Å². The van der Waals surface area contributed by atoms with Crippen LogP contribution in [-0.4, -0.2) is 43.3 Å². The van der Waals surface area contributed by atoms with Crippen LogP contribution in [0.2, 0.25) is 0 Å². The monoisotopic (exact) mass is 417 g/mol. The van der Waals surface area contributed by atoms with Crippen LogP contribution >= 0.6 is 0 Å². The van der Waals surface area contributed by atoms with Gasteiger partial charge in [0.25, 0.3) is 5.91 Å². The second-order valence-corrected chi connectivity index (χ2v) is 7.69. The van der Waals surface area contributed by atoms with Gasteiger partial charge in [0.1, 0.15) is 0 Å². The minimum Gasteiger partial charge on any atom is -0.461 e. The lowest BCUT2D eigenvalue weighted by molar-refractivity contribution is 0.0661. The van der Waals surface area contributed by atoms with Gasteiger partial charge in [-0.15, -0.1) is 0 Å². The summed E-state index contributed by atoms with van der Waals surface area (Å²) in [5, 5.41) is 8.66. The van der Waals surface area contributed by atoms with E-state index in [1.54, 1.807) is 36.9 Å². The molecule has 8 heteroatoms. The van der Waals surface area contributed by atoms with Gasteiger partial charge in [-0.25, -0.2) is 0 Å². The van der Waals surface area contributed by atoms with Crippen molar-refractivity contribution < 1.29 is 13.7 Å². The summed E-state index contributed by atoms with van der Waals surface area (Å²) < 4.78 is 12.6. The number of hydrogen-bond acceptors (Lipinski definition) is 6. The molecule has 0 aromatic carbocycles. The zero-order valence-electron chi connectivity index (χ0n) is 17.1. The Morgan fingerprint density at radius 3 is 2.74 bits per heavy atom. The van der Waals surface area contributed by atoms with E-state index in [2.05, 4.69) is 15.2 Å². The molecule has 1 saturated carbocycles. The van der Waals surface area contributed by atoms with E-state index in [1.165, 1.54) is 0 Å². The first-order valence-electron chi connectivity index (χ1n) is 10.5. The molecule has 31 heavy (non-hydrogen) atoms. The number of aromatic nitrogens is 4. The number of hydrogen-bond donors (Lipinski definition) is 0. The summed E-state index contributed by atoms with van der Waals surface area (Å²) in [6, 6.07) is 11.3. The molecule has 4 heterocycles. The number of rotatable bonds is 7. The van der Waals surface area contributed by atoms with Crippen molar-refractivity contribution in [1.82, 2.24) is 24.8 Å². The van der Waals surface area contributed by atoms with Crippen LogP contribution in [0.5, 0.6) is 0 Å². The predicted octanol–water partition coefficient (Wildman–Crippen LogP) is 4.28. The van der Waals surface area contributed by atoms with Crippen LogP contribution in [0.3, 0.4) is 0 Å². The van der Waals surface area contributed by atoms with E-state index in [-0.39, 0.29) is 11.9 Å². The van der Waals surface area contributed by atoms with Crippen molar-refractivity contribution >= 4 is 5.91 Å². The van der Waals surface area contributed by atoms with E-state index < -0.39 is 0 Å². The largest absolute Gasteiger partial charge is 0.461 e. The topological polar surface area (TPSA) is 90.2 Å². The van der Waals surface area contributed by atoms with Crippen molar-refractivity contribution in [1.29, 1.82) is 0 Å². The van der Waals surface area contributed by atoms with Crippen LogP contribution in [0.25, 0.3) is 22.8 Å². The summed E-state index contributed by atoms with van der Waals surface area (Å²) >= 11 is 0. The van der Waals surface area contributed by atoms with Gasteiger partial charge in [-0.05, 0) is 43.2 Å². The maximum absolute atomic E-state index is 13.3. The van der Waals surface area contributed by atoms with Gasteiger partial charge >= 0.3 is 0 Å². The Bertz CT molecular complexity index is 1130. The highest BCUT2D eigenvalue weighted by molar-refractivity contribution is 5.93. The fraction of sp³-hybridized carbons (Fsp3) is 0.304. The normalized spacial score (nSPS) is 14.2. The Kier molecular flexibility index (Phi) is 5.35. The molecule has 1 aliphatic carbocycles. The first kappa shape index (κ1) is 19.3. The average Bonchev–Trinajstić information content (AvgIpc) is 3.61. The Morgan fingerprint density at radius 2 is 1.97 bits per heavy atom. The molecule has 1 aliphatic rings. The Balaban J connectivity index is 1.31. The van der Waals surface area contributed by atoms with E-state index in [1.807, 2.05) is 34.0 Å². The zero-order valence-corrected chi connectivity index (χ0v) is 17.1. The zero-order chi connectivity index (χ0) is 21.0. The van der Waals surface area contributed by atoms with Gasteiger partial charge in [0.05, 0.1) is 18.5 Å². The van der Waals surface area contributed by atoms with Crippen LogP contribution in [0, 0.1) is 0 Å². The van der Waals surface area contributed by atoms with Crippen LogP contribution in [0.15, 0.2) is 70.2 Å². The van der Waals surface area contributed by atoms with E-state index in [4.69, 9.17) is 8.94 Å². The molecular weight excluding hydrogens is 394 g/mol. The van der Waals surface area contributed by atoms with Crippen LogP contribution < -0.4 is 0 Å². The van der Waals surface area contributed by atoms with Gasteiger partial charge < -0.3 is 13.8 Å². The molecule has 0 radical (unpaired) electrons. The van der Waals surface area contributed by atoms with Gasteiger partial charge in [0.15, 0.2) is 11.5 Å². The second kappa shape index (κ2) is 8.59. The summed E-state index contributed by atoms with van der Waals surface area (Å²) in [6.45, 7) is 1.17. The first-order valence-corrected chi connectivity index (χ1v) is 10.5. The minimum atomic E-state index is -0.116. The van der Waals surface area contributed by atoms with Gasteiger partial charge in [-0.3, -0.25) is 14.5 Å². The number of furan rings is 1. The van der Waals surface area contributed by atoms with Crippen LogP contribution in [0.4, 0.5) is 0 Å². The van der Waals surface area contributed by atoms with Crippen molar-refractivity contribution in [2.24, 2.45) is 0 Å². The summed E-state index contributed by atoms with van der Waals surface area (Å²) in [4.78, 5) is 19.3. The number of amides is 1. The molecule has 0 spiro atoms. The maximum Gasteiger partial charge on any atom is 0.276 e. The Labute approximate surface area is 179 Å². The standard InChI is InChI=1S/C23H23N5O3/c29-23(20-16-22(31-26-20)21-6-3-15-30-21)28(18-4-1-2-5-18)14-13-27-12-9-19(25-27)17-7-10-24-11-8-17/h3,6-12,15-16,18H,1-2,4-5,13-14H2. The molecule has 0 unspecified atom stereocenters. The predicted molar refractivity (Wildman–Crippen MR) is 113 cm³/mol. The quantitative estimate of drug-likeness (QED) is 0.446. The maximum atomic E-state index is 13.3. The van der Waals surface area contributed by atoms with E-state index in [9.17, 15) is 4.79 Å². The Morgan fingerprint density at radius 1 is 1.13 bits per heavy atom. The van der Waals surface area contributed by atoms with Crippen molar-refractivity contribution in [2.45, 2.75) is 38.3 Å². The molecule has 0 N–H and O–H groups in total. The van der Waals surface area contributed by atoms with Crippen LogP contribution in [-0.2, 0) is 6.54 Å². The highest BCUT2D eigenvalue weighted by Crippen LogP contribution is 2.27.